The van der Waals surface area contributed by atoms with Gasteiger partial charge in [0.2, 0.25) is 0 Å². The van der Waals surface area contributed by atoms with E-state index in [-0.39, 0.29) is 17.9 Å². The van der Waals surface area contributed by atoms with Gasteiger partial charge < -0.3 is 19.7 Å². The summed E-state index contributed by atoms with van der Waals surface area (Å²) in [5.74, 6) is 1.37. The van der Waals surface area contributed by atoms with Gasteiger partial charge in [-0.2, -0.15) is 0 Å². The molecule has 0 saturated heterocycles. The Labute approximate surface area is 180 Å². The lowest BCUT2D eigenvalue weighted by molar-refractivity contribution is -0.234. The Morgan fingerprint density at radius 1 is 0.897 bits per heavy atom. The molecule has 4 nitrogen and oxygen atoms in total. The molecule has 174 valence electrons. The van der Waals surface area contributed by atoms with Crippen molar-refractivity contribution < 1.29 is 19.7 Å². The minimum absolute atomic E-state index is 0.0112. The molecule has 0 bridgehead atoms. The third-order valence-corrected chi connectivity index (χ3v) is 7.29. The van der Waals surface area contributed by atoms with Crippen molar-refractivity contribution in [3.8, 4) is 0 Å². The van der Waals surface area contributed by atoms with E-state index in [2.05, 4.69) is 41.5 Å². The fourth-order valence-corrected chi connectivity index (χ4v) is 4.61. The number of aliphatic hydroxyl groups excluding tert-OH is 2. The van der Waals surface area contributed by atoms with Gasteiger partial charge in [0.05, 0.1) is 5.60 Å². The Morgan fingerprint density at radius 2 is 1.48 bits per heavy atom. The first-order valence-electron chi connectivity index (χ1n) is 11.9. The van der Waals surface area contributed by atoms with Crippen LogP contribution in [0.4, 0.5) is 0 Å². The molecule has 4 heteroatoms. The van der Waals surface area contributed by atoms with Crippen molar-refractivity contribution in [2.24, 2.45) is 28.6 Å². The number of hydrogen-bond donors (Lipinski definition) is 2. The van der Waals surface area contributed by atoms with Crippen molar-refractivity contribution >= 4 is 0 Å². The molecule has 0 aromatic carbocycles. The van der Waals surface area contributed by atoms with Crippen molar-refractivity contribution in [1.29, 1.82) is 0 Å². The van der Waals surface area contributed by atoms with Crippen molar-refractivity contribution in [3.05, 3.63) is 0 Å². The lowest BCUT2D eigenvalue weighted by Crippen LogP contribution is -2.39. The quantitative estimate of drug-likeness (QED) is 0.399. The van der Waals surface area contributed by atoms with Crippen LogP contribution >= 0.6 is 0 Å². The fourth-order valence-electron chi connectivity index (χ4n) is 4.61. The molecular weight excluding hydrogens is 364 g/mol. The second-order valence-corrected chi connectivity index (χ2v) is 11.8. The Balaban J connectivity index is 2.69. The van der Waals surface area contributed by atoms with Crippen LogP contribution in [0, 0.1) is 28.6 Å². The summed E-state index contributed by atoms with van der Waals surface area (Å²) < 4.78 is 11.3. The van der Waals surface area contributed by atoms with Crippen molar-refractivity contribution in [1.82, 2.24) is 0 Å². The summed E-state index contributed by atoms with van der Waals surface area (Å²) in [6.45, 7) is 20.1. The predicted molar refractivity (Wildman–Crippen MR) is 121 cm³/mol. The zero-order valence-electron chi connectivity index (χ0n) is 20.8. The van der Waals surface area contributed by atoms with Crippen LogP contribution in [-0.4, -0.2) is 35.0 Å². The third kappa shape index (κ3) is 9.25. The maximum absolute atomic E-state index is 10.7. The second-order valence-electron chi connectivity index (χ2n) is 11.8. The highest BCUT2D eigenvalue weighted by molar-refractivity contribution is 4.88. The molecule has 1 saturated carbocycles. The van der Waals surface area contributed by atoms with Crippen LogP contribution in [0.1, 0.15) is 107 Å². The maximum atomic E-state index is 10.7. The SMILES string of the molecule is CCC(C)(C)CC(C1CCCC(C(O)OCC(O)OC(C)(C)CC)C1)C(C)(C)C. The second kappa shape index (κ2) is 10.9. The fraction of sp³-hybridized carbons (Fsp3) is 1.00. The highest BCUT2D eigenvalue weighted by Gasteiger charge is 2.39. The van der Waals surface area contributed by atoms with Crippen LogP contribution in [0.2, 0.25) is 0 Å². The molecule has 1 fully saturated rings. The lowest BCUT2D eigenvalue weighted by atomic mass is 9.61. The van der Waals surface area contributed by atoms with Gasteiger partial charge in [-0.15, -0.1) is 0 Å². The van der Waals surface area contributed by atoms with E-state index in [0.29, 0.717) is 17.3 Å². The molecule has 0 aliphatic heterocycles. The number of aliphatic hydroxyl groups is 2. The van der Waals surface area contributed by atoms with Gasteiger partial charge in [0.15, 0.2) is 12.6 Å². The Hall–Kier alpha value is -0.160. The number of ether oxygens (including phenoxy) is 2. The van der Waals surface area contributed by atoms with Crippen LogP contribution in [0.3, 0.4) is 0 Å². The van der Waals surface area contributed by atoms with Gasteiger partial charge in [0.25, 0.3) is 0 Å². The van der Waals surface area contributed by atoms with E-state index in [1.54, 1.807) is 0 Å². The van der Waals surface area contributed by atoms with E-state index >= 15 is 0 Å². The van der Waals surface area contributed by atoms with E-state index in [0.717, 1.165) is 25.7 Å². The Kier molecular flexibility index (Phi) is 10.1. The predicted octanol–water partition coefficient (Wildman–Crippen LogP) is 6.14. The summed E-state index contributed by atoms with van der Waals surface area (Å²) in [7, 11) is 0. The smallest absolute Gasteiger partial charge is 0.178 e. The Morgan fingerprint density at radius 3 is 2.00 bits per heavy atom. The van der Waals surface area contributed by atoms with Crippen LogP contribution in [0.25, 0.3) is 0 Å². The van der Waals surface area contributed by atoms with Crippen LogP contribution < -0.4 is 0 Å². The van der Waals surface area contributed by atoms with Crippen LogP contribution in [0.15, 0.2) is 0 Å². The standard InChI is InChI=1S/C25H50O4/c1-10-24(6,7)16-20(23(3,4)5)18-13-12-14-19(15-18)22(27)28-17-21(26)29-25(8,9)11-2/h18-22,26-27H,10-17H2,1-9H3. The molecule has 1 aliphatic rings. The summed E-state index contributed by atoms with van der Waals surface area (Å²) in [6.07, 6.45) is 5.74. The van der Waals surface area contributed by atoms with E-state index in [1.807, 2.05) is 20.8 Å². The highest BCUT2D eigenvalue weighted by atomic mass is 16.7. The molecule has 1 aliphatic carbocycles. The number of hydrogen-bond acceptors (Lipinski definition) is 4. The van der Waals surface area contributed by atoms with Crippen LogP contribution in [0.5, 0.6) is 0 Å². The molecule has 2 N–H and O–H groups in total. The van der Waals surface area contributed by atoms with E-state index < -0.39 is 18.2 Å². The molecule has 0 aromatic heterocycles. The van der Waals surface area contributed by atoms with Gasteiger partial charge in [0, 0.05) is 5.92 Å². The molecule has 29 heavy (non-hydrogen) atoms. The topological polar surface area (TPSA) is 58.9 Å². The lowest BCUT2D eigenvalue weighted by Gasteiger charge is -2.45. The monoisotopic (exact) mass is 414 g/mol. The Bertz CT molecular complexity index is 466. The largest absolute Gasteiger partial charge is 0.368 e. The molecule has 0 amide bonds. The van der Waals surface area contributed by atoms with Gasteiger partial charge in [-0.1, -0.05) is 67.7 Å². The maximum Gasteiger partial charge on any atom is 0.178 e. The van der Waals surface area contributed by atoms with Crippen LogP contribution in [-0.2, 0) is 9.47 Å². The van der Waals surface area contributed by atoms with Gasteiger partial charge >= 0.3 is 0 Å². The molecule has 0 aromatic rings. The third-order valence-electron chi connectivity index (χ3n) is 7.29. The average Bonchev–Trinajstić information content (AvgIpc) is 2.63. The van der Waals surface area contributed by atoms with E-state index in [4.69, 9.17) is 9.47 Å². The van der Waals surface area contributed by atoms with Crippen molar-refractivity contribution in [2.75, 3.05) is 6.61 Å². The summed E-state index contributed by atoms with van der Waals surface area (Å²) in [4.78, 5) is 0. The summed E-state index contributed by atoms with van der Waals surface area (Å²) in [5, 5.41) is 20.8. The molecule has 0 radical (unpaired) electrons. The number of rotatable bonds is 11. The molecule has 1 rings (SSSR count). The molecule has 5 unspecified atom stereocenters. The normalized spacial score (nSPS) is 24.9. The first kappa shape index (κ1) is 26.9. The van der Waals surface area contributed by atoms with Gasteiger partial charge in [0.1, 0.15) is 6.61 Å². The zero-order valence-corrected chi connectivity index (χ0v) is 20.8. The summed E-state index contributed by atoms with van der Waals surface area (Å²) >= 11 is 0. The van der Waals surface area contributed by atoms with E-state index in [1.165, 1.54) is 19.3 Å². The minimum Gasteiger partial charge on any atom is -0.368 e. The van der Waals surface area contributed by atoms with Crippen molar-refractivity contribution in [2.45, 2.75) is 125 Å². The van der Waals surface area contributed by atoms with E-state index in [9.17, 15) is 10.2 Å². The zero-order chi connectivity index (χ0) is 22.5. The highest BCUT2D eigenvalue weighted by Crippen LogP contribution is 2.48. The average molecular weight is 415 g/mol. The summed E-state index contributed by atoms with van der Waals surface area (Å²) in [5.41, 5.74) is 0.198. The molecular formula is C25H50O4. The van der Waals surface area contributed by atoms with Gasteiger partial charge in [-0.05, 0) is 62.2 Å². The first-order valence-corrected chi connectivity index (χ1v) is 11.9. The van der Waals surface area contributed by atoms with Crippen molar-refractivity contribution in [3.63, 3.8) is 0 Å². The molecule has 0 heterocycles. The summed E-state index contributed by atoms with van der Waals surface area (Å²) in [6, 6.07) is 0. The molecule has 5 atom stereocenters. The minimum atomic E-state index is -1.01. The molecule has 0 spiro atoms. The van der Waals surface area contributed by atoms with Gasteiger partial charge in [-0.3, -0.25) is 0 Å². The van der Waals surface area contributed by atoms with Gasteiger partial charge in [-0.25, -0.2) is 0 Å². The first-order chi connectivity index (χ1) is 13.2.